The molecular formula is C6H9FO3. The summed E-state index contributed by atoms with van der Waals surface area (Å²) in [5.74, 6) is -0.962. The molecule has 1 aliphatic heterocycles. The van der Waals surface area contributed by atoms with Gasteiger partial charge < -0.3 is 9.84 Å². The van der Waals surface area contributed by atoms with Crippen molar-refractivity contribution in [2.24, 2.45) is 0 Å². The van der Waals surface area contributed by atoms with Crippen LogP contribution in [0.25, 0.3) is 0 Å². The average Bonchev–Trinajstić information content (AvgIpc) is 1.83. The Morgan fingerprint density at radius 3 is 2.90 bits per heavy atom. The maximum atomic E-state index is 12.6. The van der Waals surface area contributed by atoms with Gasteiger partial charge in [-0.2, -0.15) is 0 Å². The average molecular weight is 148 g/mol. The number of esters is 1. The van der Waals surface area contributed by atoms with Gasteiger partial charge in [-0.1, -0.05) is 0 Å². The molecule has 0 spiro atoms. The summed E-state index contributed by atoms with van der Waals surface area (Å²) >= 11 is 0. The quantitative estimate of drug-likeness (QED) is 0.493. The van der Waals surface area contributed by atoms with Gasteiger partial charge in [0.1, 0.15) is 5.60 Å². The zero-order valence-electron chi connectivity index (χ0n) is 5.63. The van der Waals surface area contributed by atoms with Gasteiger partial charge in [0, 0.05) is 6.42 Å². The van der Waals surface area contributed by atoms with Crippen LogP contribution in [0.2, 0.25) is 0 Å². The lowest BCUT2D eigenvalue weighted by Gasteiger charge is -2.29. The molecule has 4 heteroatoms. The Hall–Kier alpha value is -0.640. The fraction of sp³-hybridized carbons (Fsp3) is 0.833. The lowest BCUT2D eigenvalue weighted by molar-refractivity contribution is -0.173. The SMILES string of the molecule is C[C@@]1(O)CCOC(=O)[C@H]1F. The smallest absolute Gasteiger partial charge is 0.343 e. The van der Waals surface area contributed by atoms with Crippen molar-refractivity contribution >= 4 is 5.97 Å². The maximum absolute atomic E-state index is 12.6. The van der Waals surface area contributed by atoms with Gasteiger partial charge >= 0.3 is 5.97 Å². The molecule has 0 amide bonds. The second-order valence-electron chi connectivity index (χ2n) is 2.64. The standard InChI is InChI=1S/C6H9FO3/c1-6(9)2-3-10-5(8)4(6)7/h4,9H,2-3H2,1H3/t4-,6-/m1/s1. The number of carbonyl (C=O) groups is 1. The molecule has 1 fully saturated rings. The molecule has 0 saturated carbocycles. The second-order valence-corrected chi connectivity index (χ2v) is 2.64. The number of alkyl halides is 1. The molecule has 3 nitrogen and oxygen atoms in total. The highest BCUT2D eigenvalue weighted by molar-refractivity contribution is 5.76. The van der Waals surface area contributed by atoms with Gasteiger partial charge in [-0.15, -0.1) is 0 Å². The van der Waals surface area contributed by atoms with Crippen molar-refractivity contribution in [3.8, 4) is 0 Å². The number of hydrogen-bond acceptors (Lipinski definition) is 3. The van der Waals surface area contributed by atoms with Crippen LogP contribution < -0.4 is 0 Å². The lowest BCUT2D eigenvalue weighted by atomic mass is 9.95. The normalized spacial score (nSPS) is 41.1. The fourth-order valence-corrected chi connectivity index (χ4v) is 0.812. The number of rotatable bonds is 0. The van der Waals surface area contributed by atoms with Crippen LogP contribution in [0.3, 0.4) is 0 Å². The van der Waals surface area contributed by atoms with Crippen molar-refractivity contribution in [2.75, 3.05) is 6.61 Å². The predicted octanol–water partition coefficient (Wildman–Crippen LogP) is 0.0224. The van der Waals surface area contributed by atoms with E-state index < -0.39 is 17.7 Å². The highest BCUT2D eigenvalue weighted by atomic mass is 19.1. The van der Waals surface area contributed by atoms with Gasteiger partial charge in [-0.05, 0) is 6.92 Å². The molecule has 0 aromatic carbocycles. The van der Waals surface area contributed by atoms with Crippen LogP contribution >= 0.6 is 0 Å². The molecule has 58 valence electrons. The zero-order chi connectivity index (χ0) is 7.78. The van der Waals surface area contributed by atoms with Gasteiger partial charge in [0.15, 0.2) is 0 Å². The van der Waals surface area contributed by atoms with Crippen LogP contribution in [0.5, 0.6) is 0 Å². The monoisotopic (exact) mass is 148 g/mol. The number of halogens is 1. The molecule has 0 aromatic heterocycles. The van der Waals surface area contributed by atoms with Crippen molar-refractivity contribution in [3.63, 3.8) is 0 Å². The summed E-state index contributed by atoms with van der Waals surface area (Å²) < 4.78 is 17.0. The summed E-state index contributed by atoms with van der Waals surface area (Å²) in [5, 5.41) is 9.14. The third-order valence-electron chi connectivity index (χ3n) is 1.61. The number of carbonyl (C=O) groups excluding carboxylic acids is 1. The molecule has 0 bridgehead atoms. The van der Waals surface area contributed by atoms with Crippen LogP contribution in [-0.2, 0) is 9.53 Å². The molecule has 10 heavy (non-hydrogen) atoms. The number of cyclic esters (lactones) is 1. The molecule has 0 aliphatic carbocycles. The van der Waals surface area contributed by atoms with Crippen LogP contribution in [0, 0.1) is 0 Å². The molecule has 1 heterocycles. The molecule has 0 radical (unpaired) electrons. The highest BCUT2D eigenvalue weighted by Gasteiger charge is 2.42. The molecule has 0 unspecified atom stereocenters. The van der Waals surface area contributed by atoms with Crippen molar-refractivity contribution in [1.82, 2.24) is 0 Å². The zero-order valence-corrected chi connectivity index (χ0v) is 5.63. The van der Waals surface area contributed by atoms with Gasteiger partial charge in [-0.25, -0.2) is 9.18 Å². The minimum absolute atomic E-state index is 0.103. The largest absolute Gasteiger partial charge is 0.463 e. The van der Waals surface area contributed by atoms with E-state index in [0.29, 0.717) is 0 Å². The van der Waals surface area contributed by atoms with Crippen molar-refractivity contribution in [3.05, 3.63) is 0 Å². The second kappa shape index (κ2) is 2.20. The molecule has 1 saturated heterocycles. The summed E-state index contributed by atoms with van der Waals surface area (Å²) in [7, 11) is 0. The summed E-state index contributed by atoms with van der Waals surface area (Å²) in [6.07, 6.45) is -1.72. The Labute approximate surface area is 57.8 Å². The Kier molecular flexibility index (Phi) is 1.64. The molecule has 1 aliphatic rings. The Morgan fingerprint density at radius 2 is 2.50 bits per heavy atom. The van der Waals surface area contributed by atoms with Crippen LogP contribution in [0.1, 0.15) is 13.3 Å². The van der Waals surface area contributed by atoms with Crippen molar-refractivity contribution in [2.45, 2.75) is 25.1 Å². The van der Waals surface area contributed by atoms with E-state index in [4.69, 9.17) is 5.11 Å². The maximum Gasteiger partial charge on any atom is 0.343 e. The van der Waals surface area contributed by atoms with Crippen molar-refractivity contribution in [1.29, 1.82) is 0 Å². The van der Waals surface area contributed by atoms with E-state index in [1.165, 1.54) is 6.92 Å². The fourth-order valence-electron chi connectivity index (χ4n) is 0.812. The van der Waals surface area contributed by atoms with E-state index in [9.17, 15) is 9.18 Å². The Balaban J connectivity index is 2.69. The highest BCUT2D eigenvalue weighted by Crippen LogP contribution is 2.23. The van der Waals surface area contributed by atoms with Crippen LogP contribution in [-0.4, -0.2) is 29.5 Å². The van der Waals surface area contributed by atoms with Gasteiger partial charge in [0.2, 0.25) is 6.17 Å². The third kappa shape index (κ3) is 1.11. The van der Waals surface area contributed by atoms with E-state index in [2.05, 4.69) is 4.74 Å². The van der Waals surface area contributed by atoms with Gasteiger partial charge in [-0.3, -0.25) is 0 Å². The molecular weight excluding hydrogens is 139 g/mol. The first-order valence-corrected chi connectivity index (χ1v) is 3.07. The number of ether oxygens (including phenoxy) is 1. The summed E-state index contributed by atoms with van der Waals surface area (Å²) in [6, 6.07) is 0. The van der Waals surface area contributed by atoms with Crippen LogP contribution in [0.4, 0.5) is 4.39 Å². The molecule has 0 aromatic rings. The van der Waals surface area contributed by atoms with Gasteiger partial charge in [0.25, 0.3) is 0 Å². The minimum atomic E-state index is -1.89. The van der Waals surface area contributed by atoms with E-state index in [1.54, 1.807) is 0 Å². The molecule has 2 atom stereocenters. The Morgan fingerprint density at radius 1 is 1.90 bits per heavy atom. The predicted molar refractivity (Wildman–Crippen MR) is 31.1 cm³/mol. The van der Waals surface area contributed by atoms with E-state index in [-0.39, 0.29) is 13.0 Å². The van der Waals surface area contributed by atoms with E-state index >= 15 is 0 Å². The Bertz CT molecular complexity index is 155. The van der Waals surface area contributed by atoms with Crippen LogP contribution in [0.15, 0.2) is 0 Å². The first kappa shape index (κ1) is 7.47. The van der Waals surface area contributed by atoms with E-state index in [0.717, 1.165) is 0 Å². The number of aliphatic hydroxyl groups is 1. The molecule has 1 rings (SSSR count). The third-order valence-corrected chi connectivity index (χ3v) is 1.61. The topological polar surface area (TPSA) is 46.5 Å². The molecule has 1 N–H and O–H groups in total. The lowest BCUT2D eigenvalue weighted by Crippen LogP contribution is -2.47. The summed E-state index contributed by atoms with van der Waals surface area (Å²) in [5.41, 5.74) is -1.53. The number of hydrogen-bond donors (Lipinski definition) is 1. The minimum Gasteiger partial charge on any atom is -0.463 e. The summed E-state index contributed by atoms with van der Waals surface area (Å²) in [4.78, 5) is 10.5. The van der Waals surface area contributed by atoms with Crippen molar-refractivity contribution < 1.29 is 19.0 Å². The van der Waals surface area contributed by atoms with Gasteiger partial charge in [0.05, 0.1) is 6.61 Å². The van der Waals surface area contributed by atoms with E-state index in [1.807, 2.05) is 0 Å². The first-order chi connectivity index (χ1) is 4.54. The summed E-state index contributed by atoms with van der Waals surface area (Å²) in [6.45, 7) is 1.39. The first-order valence-electron chi connectivity index (χ1n) is 3.07.